The first kappa shape index (κ1) is 14.8. The van der Waals surface area contributed by atoms with E-state index in [1.165, 1.54) is 0 Å². The van der Waals surface area contributed by atoms with Gasteiger partial charge in [-0.1, -0.05) is 12.8 Å². The molecule has 6 nitrogen and oxygen atoms in total. The zero-order chi connectivity index (χ0) is 14.9. The van der Waals surface area contributed by atoms with Crippen molar-refractivity contribution in [2.24, 2.45) is 0 Å². The Morgan fingerprint density at radius 3 is 2.60 bits per heavy atom. The number of hydrogen-bond acceptors (Lipinski definition) is 3. The minimum absolute atomic E-state index is 0.00209. The third-order valence-electron chi connectivity index (χ3n) is 4.36. The molecule has 0 spiro atoms. The number of nitrogens with one attached hydrogen (secondary N) is 1. The molecular weight excluding hydrogens is 260 g/mol. The molecule has 2 aliphatic rings. The zero-order valence-corrected chi connectivity index (χ0v) is 12.0. The summed E-state index contributed by atoms with van der Waals surface area (Å²) in [5.74, 6) is -1.37. The highest BCUT2D eigenvalue weighted by atomic mass is 16.4. The molecular formula is C14H22N2O4. The van der Waals surface area contributed by atoms with Gasteiger partial charge in [-0.05, 0) is 26.7 Å². The number of rotatable bonds is 3. The first-order valence-electron chi connectivity index (χ1n) is 7.19. The third kappa shape index (κ3) is 2.64. The van der Waals surface area contributed by atoms with Crippen LogP contribution in [0.1, 0.15) is 52.4 Å². The normalized spacial score (nSPS) is 28.5. The van der Waals surface area contributed by atoms with Crippen LogP contribution in [0, 0.1) is 0 Å². The van der Waals surface area contributed by atoms with E-state index in [0.717, 1.165) is 25.7 Å². The van der Waals surface area contributed by atoms with E-state index >= 15 is 0 Å². The molecule has 6 heteroatoms. The van der Waals surface area contributed by atoms with Crippen LogP contribution in [-0.2, 0) is 14.4 Å². The average molecular weight is 282 g/mol. The fourth-order valence-electron chi connectivity index (χ4n) is 3.29. The molecule has 1 saturated heterocycles. The number of fused-ring (bicyclic) bond motifs is 1. The van der Waals surface area contributed by atoms with Gasteiger partial charge in [0.15, 0.2) is 0 Å². The highest BCUT2D eigenvalue weighted by Crippen LogP contribution is 2.33. The first-order valence-corrected chi connectivity index (χ1v) is 7.19. The van der Waals surface area contributed by atoms with Crippen LogP contribution in [-0.4, -0.2) is 45.4 Å². The molecule has 2 rings (SSSR count). The Hall–Kier alpha value is -1.59. The van der Waals surface area contributed by atoms with Crippen molar-refractivity contribution < 1.29 is 19.5 Å². The number of carbonyl (C=O) groups is 3. The maximum Gasteiger partial charge on any atom is 0.303 e. The number of nitrogens with zero attached hydrogens (tertiary/aromatic N) is 1. The van der Waals surface area contributed by atoms with Crippen molar-refractivity contribution in [2.75, 3.05) is 0 Å². The van der Waals surface area contributed by atoms with Gasteiger partial charge in [-0.3, -0.25) is 14.4 Å². The molecule has 2 atom stereocenters. The minimum Gasteiger partial charge on any atom is -0.481 e. The monoisotopic (exact) mass is 282 g/mol. The quantitative estimate of drug-likeness (QED) is 0.805. The van der Waals surface area contributed by atoms with Gasteiger partial charge in [-0.25, -0.2) is 0 Å². The number of carbonyl (C=O) groups excluding carboxylic acids is 2. The summed E-state index contributed by atoms with van der Waals surface area (Å²) in [7, 11) is 0. The van der Waals surface area contributed by atoms with Crippen LogP contribution in [0.2, 0.25) is 0 Å². The lowest BCUT2D eigenvalue weighted by Gasteiger charge is -2.52. The van der Waals surface area contributed by atoms with Crippen LogP contribution in [0.15, 0.2) is 0 Å². The SMILES string of the molecule is CC1(C)C(=O)NC2CCCCC2N1C(=O)CCC(=O)O. The molecule has 0 aromatic heterocycles. The summed E-state index contributed by atoms with van der Waals surface area (Å²) in [4.78, 5) is 36.9. The summed E-state index contributed by atoms with van der Waals surface area (Å²) in [5.41, 5.74) is -0.909. The highest BCUT2D eigenvalue weighted by Gasteiger charge is 2.49. The van der Waals surface area contributed by atoms with E-state index in [1.54, 1.807) is 18.7 Å². The van der Waals surface area contributed by atoms with E-state index in [9.17, 15) is 14.4 Å². The number of piperazine rings is 1. The maximum absolute atomic E-state index is 12.4. The Morgan fingerprint density at radius 2 is 1.95 bits per heavy atom. The number of aliphatic carboxylic acids is 1. The maximum atomic E-state index is 12.4. The predicted molar refractivity (Wildman–Crippen MR) is 72.0 cm³/mol. The molecule has 0 bridgehead atoms. The fourth-order valence-corrected chi connectivity index (χ4v) is 3.29. The van der Waals surface area contributed by atoms with Crippen LogP contribution in [0.25, 0.3) is 0 Å². The number of carboxylic acids is 1. The lowest BCUT2D eigenvalue weighted by molar-refractivity contribution is -0.158. The molecule has 2 N–H and O–H groups in total. The molecule has 1 aliphatic carbocycles. The summed E-state index contributed by atoms with van der Waals surface area (Å²) in [6, 6.07) is 0.01000. The van der Waals surface area contributed by atoms with Gasteiger partial charge in [0.25, 0.3) is 0 Å². The molecule has 0 aromatic carbocycles. The summed E-state index contributed by atoms with van der Waals surface area (Å²) in [5, 5.41) is 11.7. The van der Waals surface area contributed by atoms with Crippen molar-refractivity contribution in [1.82, 2.24) is 10.2 Å². The number of hydrogen-bond donors (Lipinski definition) is 2. The van der Waals surface area contributed by atoms with Crippen molar-refractivity contribution in [3.63, 3.8) is 0 Å². The van der Waals surface area contributed by atoms with Crippen LogP contribution < -0.4 is 5.32 Å². The van der Waals surface area contributed by atoms with Crippen molar-refractivity contribution in [1.29, 1.82) is 0 Å². The van der Waals surface area contributed by atoms with E-state index in [2.05, 4.69) is 5.32 Å². The Morgan fingerprint density at radius 1 is 1.30 bits per heavy atom. The lowest BCUT2D eigenvalue weighted by atomic mass is 9.82. The average Bonchev–Trinajstić information content (AvgIpc) is 2.37. The summed E-state index contributed by atoms with van der Waals surface area (Å²) in [6.45, 7) is 3.46. The van der Waals surface area contributed by atoms with E-state index in [-0.39, 0.29) is 36.7 Å². The molecule has 1 heterocycles. The molecule has 1 saturated carbocycles. The van der Waals surface area contributed by atoms with Gasteiger partial charge in [-0.15, -0.1) is 0 Å². The number of carboxylic acid groups (broad SMARTS) is 1. The second-order valence-electron chi connectivity index (χ2n) is 6.15. The van der Waals surface area contributed by atoms with Crippen LogP contribution >= 0.6 is 0 Å². The Bertz CT molecular complexity index is 433. The summed E-state index contributed by atoms with van der Waals surface area (Å²) >= 11 is 0. The summed E-state index contributed by atoms with van der Waals surface area (Å²) < 4.78 is 0. The van der Waals surface area contributed by atoms with Crippen LogP contribution in [0.5, 0.6) is 0 Å². The van der Waals surface area contributed by atoms with E-state index < -0.39 is 11.5 Å². The van der Waals surface area contributed by atoms with Gasteiger partial charge in [0.2, 0.25) is 11.8 Å². The second-order valence-corrected chi connectivity index (χ2v) is 6.15. The second kappa shape index (κ2) is 5.42. The van der Waals surface area contributed by atoms with Crippen molar-refractivity contribution in [3.05, 3.63) is 0 Å². The smallest absolute Gasteiger partial charge is 0.303 e. The van der Waals surface area contributed by atoms with Gasteiger partial charge in [0, 0.05) is 12.5 Å². The molecule has 0 radical (unpaired) electrons. The predicted octanol–water partition coefficient (Wildman–Crippen LogP) is 0.899. The van der Waals surface area contributed by atoms with Gasteiger partial charge in [0.1, 0.15) is 5.54 Å². The molecule has 20 heavy (non-hydrogen) atoms. The third-order valence-corrected chi connectivity index (χ3v) is 4.36. The van der Waals surface area contributed by atoms with Crippen molar-refractivity contribution >= 4 is 17.8 Å². The Kier molecular flexibility index (Phi) is 4.01. The van der Waals surface area contributed by atoms with Crippen LogP contribution in [0.4, 0.5) is 0 Å². The molecule has 2 unspecified atom stereocenters. The Labute approximate surface area is 118 Å². The highest BCUT2D eigenvalue weighted by molar-refractivity contribution is 5.93. The topological polar surface area (TPSA) is 86.7 Å². The van der Waals surface area contributed by atoms with E-state index in [4.69, 9.17) is 5.11 Å². The van der Waals surface area contributed by atoms with Crippen molar-refractivity contribution in [3.8, 4) is 0 Å². The first-order chi connectivity index (χ1) is 9.34. The minimum atomic E-state index is -0.988. The van der Waals surface area contributed by atoms with Gasteiger partial charge in [-0.2, -0.15) is 0 Å². The van der Waals surface area contributed by atoms with Crippen molar-refractivity contribution in [2.45, 2.75) is 70.0 Å². The van der Waals surface area contributed by atoms with E-state index in [1.807, 2.05) is 0 Å². The lowest BCUT2D eigenvalue weighted by Crippen LogP contribution is -2.72. The van der Waals surface area contributed by atoms with Gasteiger partial charge < -0.3 is 15.3 Å². The standard InChI is InChI=1S/C14H22N2O4/c1-14(2)13(20)15-9-5-3-4-6-10(9)16(14)11(17)7-8-12(18)19/h9-10H,3-8H2,1-2H3,(H,15,20)(H,18,19). The van der Waals surface area contributed by atoms with Crippen LogP contribution in [0.3, 0.4) is 0 Å². The Balaban J connectivity index is 2.21. The largest absolute Gasteiger partial charge is 0.481 e. The summed E-state index contributed by atoms with van der Waals surface area (Å²) in [6.07, 6.45) is 3.61. The molecule has 1 aliphatic heterocycles. The van der Waals surface area contributed by atoms with Gasteiger partial charge >= 0.3 is 5.97 Å². The molecule has 0 aromatic rings. The van der Waals surface area contributed by atoms with E-state index in [0.29, 0.717) is 0 Å². The molecule has 112 valence electrons. The number of amides is 2. The van der Waals surface area contributed by atoms with Gasteiger partial charge in [0.05, 0.1) is 12.5 Å². The fraction of sp³-hybridized carbons (Fsp3) is 0.786. The molecule has 2 fully saturated rings. The molecule has 2 amide bonds. The zero-order valence-electron chi connectivity index (χ0n) is 12.0.